The van der Waals surface area contributed by atoms with Gasteiger partial charge in [0.2, 0.25) is 5.91 Å². The minimum atomic E-state index is -3.11. The molecular formula is C22H24N4O3S3. The fraction of sp³-hybridized carbons (Fsp3) is 0.409. The minimum Gasteiger partial charge on any atom is -0.308 e. The van der Waals surface area contributed by atoms with Crippen LogP contribution in [0.3, 0.4) is 0 Å². The van der Waals surface area contributed by atoms with Gasteiger partial charge in [0.1, 0.15) is 5.82 Å². The number of nitrogens with zero attached hydrogens (tertiary/aromatic N) is 4. The van der Waals surface area contributed by atoms with Crippen molar-refractivity contribution in [2.75, 3.05) is 22.2 Å². The summed E-state index contributed by atoms with van der Waals surface area (Å²) < 4.78 is 26.3. The van der Waals surface area contributed by atoms with Crippen LogP contribution in [-0.4, -0.2) is 52.4 Å². The number of amides is 1. The van der Waals surface area contributed by atoms with Crippen molar-refractivity contribution in [2.45, 2.75) is 42.9 Å². The summed E-state index contributed by atoms with van der Waals surface area (Å²) >= 11 is 3.09. The van der Waals surface area contributed by atoms with Crippen LogP contribution in [0.15, 0.2) is 53.0 Å². The van der Waals surface area contributed by atoms with Gasteiger partial charge in [-0.3, -0.25) is 4.79 Å². The Bertz CT molecular complexity index is 1190. The zero-order valence-corrected chi connectivity index (χ0v) is 19.9. The van der Waals surface area contributed by atoms with E-state index < -0.39 is 9.84 Å². The van der Waals surface area contributed by atoms with Crippen molar-refractivity contribution in [3.05, 3.63) is 58.5 Å². The Morgan fingerprint density at radius 3 is 2.59 bits per heavy atom. The molecule has 5 rings (SSSR count). The zero-order valence-electron chi connectivity index (χ0n) is 17.5. The third kappa shape index (κ3) is 4.77. The maximum absolute atomic E-state index is 13.3. The smallest absolute Gasteiger partial charge is 0.237 e. The Hall–Kier alpha value is -2.17. The molecule has 1 aliphatic heterocycles. The second kappa shape index (κ2) is 8.99. The molecule has 168 valence electrons. The highest BCUT2D eigenvalue weighted by Gasteiger charge is 2.36. The van der Waals surface area contributed by atoms with Crippen LogP contribution in [0.4, 0.5) is 5.69 Å². The zero-order chi connectivity index (χ0) is 22.1. The molecule has 2 aromatic heterocycles. The van der Waals surface area contributed by atoms with E-state index in [1.807, 2.05) is 36.4 Å². The monoisotopic (exact) mass is 488 g/mol. The first kappa shape index (κ1) is 21.7. The van der Waals surface area contributed by atoms with Gasteiger partial charge in [-0.2, -0.15) is 0 Å². The first-order chi connectivity index (χ1) is 15.5. The van der Waals surface area contributed by atoms with Crippen molar-refractivity contribution in [3.63, 3.8) is 0 Å². The lowest BCUT2D eigenvalue weighted by Gasteiger charge is -2.28. The SMILES string of the molecule is O=C(CSc1nnc(Cc2cccs2)n1C1CC1)N(c1ccccc1)[C@@H]1CCS(=O)(=O)C1. The number of thiophene rings is 1. The van der Waals surface area contributed by atoms with Gasteiger partial charge in [-0.15, -0.1) is 21.5 Å². The highest BCUT2D eigenvalue weighted by molar-refractivity contribution is 7.99. The second-order valence-electron chi connectivity index (χ2n) is 8.20. The third-order valence-electron chi connectivity index (χ3n) is 5.76. The number of hydrogen-bond donors (Lipinski definition) is 0. The molecule has 1 aliphatic carbocycles. The number of thioether (sulfide) groups is 1. The number of carbonyl (C=O) groups is 1. The van der Waals surface area contributed by atoms with E-state index in [9.17, 15) is 13.2 Å². The lowest BCUT2D eigenvalue weighted by molar-refractivity contribution is -0.116. The van der Waals surface area contributed by atoms with E-state index in [-0.39, 0.29) is 29.2 Å². The van der Waals surface area contributed by atoms with Crippen LogP contribution in [0.25, 0.3) is 0 Å². The Morgan fingerprint density at radius 2 is 1.94 bits per heavy atom. The maximum Gasteiger partial charge on any atom is 0.237 e. The summed E-state index contributed by atoms with van der Waals surface area (Å²) in [6, 6.07) is 13.6. The number of rotatable bonds is 8. The molecule has 1 saturated heterocycles. The molecule has 0 radical (unpaired) electrons. The molecule has 1 amide bonds. The molecule has 2 aliphatic rings. The van der Waals surface area contributed by atoms with Crippen LogP contribution in [0.1, 0.15) is 36.0 Å². The van der Waals surface area contributed by atoms with E-state index in [1.165, 1.54) is 16.6 Å². The maximum atomic E-state index is 13.3. The first-order valence-electron chi connectivity index (χ1n) is 10.7. The minimum absolute atomic E-state index is 0.0154. The van der Waals surface area contributed by atoms with Gasteiger partial charge in [-0.1, -0.05) is 36.0 Å². The highest BCUT2D eigenvalue weighted by Crippen LogP contribution is 2.39. The number of sulfone groups is 1. The average Bonchev–Trinajstić information content (AvgIpc) is 3.16. The van der Waals surface area contributed by atoms with Gasteiger partial charge in [-0.05, 0) is 42.8 Å². The van der Waals surface area contributed by atoms with Gasteiger partial charge >= 0.3 is 0 Å². The molecule has 32 heavy (non-hydrogen) atoms. The van der Waals surface area contributed by atoms with Crippen molar-refractivity contribution >= 4 is 44.5 Å². The van der Waals surface area contributed by atoms with Crippen molar-refractivity contribution in [2.24, 2.45) is 0 Å². The van der Waals surface area contributed by atoms with Crippen LogP contribution in [0.2, 0.25) is 0 Å². The molecule has 0 N–H and O–H groups in total. The van der Waals surface area contributed by atoms with Crippen molar-refractivity contribution < 1.29 is 13.2 Å². The van der Waals surface area contributed by atoms with Crippen molar-refractivity contribution in [1.29, 1.82) is 0 Å². The lowest BCUT2D eigenvalue weighted by atomic mass is 10.2. The normalized spacial score (nSPS) is 19.8. The number of para-hydroxylation sites is 1. The largest absolute Gasteiger partial charge is 0.308 e. The second-order valence-corrected chi connectivity index (χ2v) is 12.4. The fourth-order valence-corrected chi connectivity index (χ4v) is 7.40. The van der Waals surface area contributed by atoms with Crippen LogP contribution in [0, 0.1) is 0 Å². The number of aromatic nitrogens is 3. The van der Waals surface area contributed by atoms with E-state index in [0.29, 0.717) is 12.5 Å². The van der Waals surface area contributed by atoms with E-state index in [1.54, 1.807) is 16.2 Å². The fourth-order valence-electron chi connectivity index (χ4n) is 4.12. The third-order valence-corrected chi connectivity index (χ3v) is 9.32. The standard InChI is InChI=1S/C22H24N4O3S3/c27-21(25(16-5-2-1-3-6-16)18-10-12-32(28,29)15-18)14-31-22-24-23-20(26(22)17-8-9-17)13-19-7-4-11-30-19/h1-7,11,17-18H,8-10,12-15H2/t18-/m1/s1. The summed E-state index contributed by atoms with van der Waals surface area (Å²) in [5.41, 5.74) is 0.738. The van der Waals surface area contributed by atoms with Gasteiger partial charge in [-0.25, -0.2) is 8.42 Å². The van der Waals surface area contributed by atoms with Gasteiger partial charge < -0.3 is 9.47 Å². The first-order valence-corrected chi connectivity index (χ1v) is 14.4. The summed E-state index contributed by atoms with van der Waals surface area (Å²) in [6.07, 6.45) is 3.42. The molecule has 10 heteroatoms. The summed E-state index contributed by atoms with van der Waals surface area (Å²) in [5, 5.41) is 11.6. The van der Waals surface area contributed by atoms with Gasteiger partial charge in [0.05, 0.1) is 23.3 Å². The topological polar surface area (TPSA) is 85.2 Å². The molecule has 1 saturated carbocycles. The molecule has 1 aromatic carbocycles. The molecule has 2 fully saturated rings. The molecule has 3 heterocycles. The number of hydrogen-bond acceptors (Lipinski definition) is 7. The molecule has 3 aromatic rings. The number of benzene rings is 1. The predicted octanol–water partition coefficient (Wildman–Crippen LogP) is 3.58. The van der Waals surface area contributed by atoms with Crippen molar-refractivity contribution in [3.8, 4) is 0 Å². The van der Waals surface area contributed by atoms with Crippen LogP contribution in [0.5, 0.6) is 0 Å². The van der Waals surface area contributed by atoms with Gasteiger partial charge in [0.15, 0.2) is 15.0 Å². The lowest BCUT2D eigenvalue weighted by Crippen LogP contribution is -2.42. The van der Waals surface area contributed by atoms with Gasteiger partial charge in [0, 0.05) is 23.0 Å². The highest BCUT2D eigenvalue weighted by atomic mass is 32.2. The van der Waals surface area contributed by atoms with Crippen LogP contribution in [-0.2, 0) is 21.1 Å². The Balaban J connectivity index is 1.34. The molecule has 0 unspecified atom stereocenters. The summed E-state index contributed by atoms with van der Waals surface area (Å²) in [7, 11) is -3.11. The van der Waals surface area contributed by atoms with E-state index >= 15 is 0 Å². The quantitative estimate of drug-likeness (QED) is 0.451. The Labute approximate surface area is 195 Å². The molecule has 7 nitrogen and oxygen atoms in total. The summed E-state index contributed by atoms with van der Waals surface area (Å²) in [5.74, 6) is 1.17. The Kier molecular flexibility index (Phi) is 6.09. The van der Waals surface area contributed by atoms with Crippen LogP contribution >= 0.6 is 23.1 Å². The summed E-state index contributed by atoms with van der Waals surface area (Å²) in [4.78, 5) is 16.2. The van der Waals surface area contributed by atoms with Gasteiger partial charge in [0.25, 0.3) is 0 Å². The molecule has 0 bridgehead atoms. The van der Waals surface area contributed by atoms with E-state index in [0.717, 1.165) is 35.9 Å². The summed E-state index contributed by atoms with van der Waals surface area (Å²) in [6.45, 7) is 0. The molecule has 1 atom stereocenters. The molecule has 0 spiro atoms. The van der Waals surface area contributed by atoms with Crippen molar-refractivity contribution in [1.82, 2.24) is 14.8 Å². The predicted molar refractivity (Wildman–Crippen MR) is 127 cm³/mol. The number of anilines is 1. The molecular weight excluding hydrogens is 464 g/mol. The van der Waals surface area contributed by atoms with E-state index in [4.69, 9.17) is 0 Å². The average molecular weight is 489 g/mol. The van der Waals surface area contributed by atoms with Crippen LogP contribution < -0.4 is 4.90 Å². The Morgan fingerprint density at radius 1 is 1.12 bits per heavy atom. The van der Waals surface area contributed by atoms with E-state index in [2.05, 4.69) is 26.2 Å². The number of carbonyl (C=O) groups excluding carboxylic acids is 1.